The van der Waals surface area contributed by atoms with Crippen molar-refractivity contribution in [2.75, 3.05) is 20.6 Å². The second-order valence-corrected chi connectivity index (χ2v) is 2.20. The molecule has 0 aliphatic heterocycles. The van der Waals surface area contributed by atoms with Gasteiger partial charge >= 0.3 is 0 Å². The number of aliphatic hydroxyl groups excluding tert-OH is 1. The van der Waals surface area contributed by atoms with Crippen LogP contribution in [0.15, 0.2) is 0 Å². The fraction of sp³-hybridized carbons (Fsp3) is 1.00. The molecule has 0 radical (unpaired) electrons. The van der Waals surface area contributed by atoms with Gasteiger partial charge in [-0.25, -0.2) is 0 Å². The van der Waals surface area contributed by atoms with Gasteiger partial charge in [0, 0.05) is 32.7 Å². The molecule has 0 heterocycles. The topological polar surface area (TPSA) is 23.5 Å². The SMILES string of the molecule is CN(C)CC(O)Cl.[Zr]. The monoisotopic (exact) mass is 213 g/mol. The summed E-state index contributed by atoms with van der Waals surface area (Å²) < 4.78 is 0. The van der Waals surface area contributed by atoms with Crippen molar-refractivity contribution < 1.29 is 31.3 Å². The molecule has 1 N–H and O–H groups in total. The smallest absolute Gasteiger partial charge is 0.140 e. The predicted octanol–water partition coefficient (Wildman–Crippen LogP) is 0.103. The second kappa shape index (κ2) is 6.22. The number of aliphatic hydroxyl groups is 1. The first-order chi connectivity index (χ1) is 3.13. The fourth-order valence-electron chi connectivity index (χ4n) is 0.301. The summed E-state index contributed by atoms with van der Waals surface area (Å²) in [6.45, 7) is 0.515. The molecule has 0 fully saturated rings. The van der Waals surface area contributed by atoms with Gasteiger partial charge in [-0.3, -0.25) is 0 Å². The Kier molecular flexibility index (Phi) is 9.20. The first-order valence-electron chi connectivity index (χ1n) is 2.10. The van der Waals surface area contributed by atoms with Gasteiger partial charge in [0.1, 0.15) is 5.56 Å². The van der Waals surface area contributed by atoms with Crippen LogP contribution in [0.5, 0.6) is 0 Å². The number of likely N-dealkylation sites (N-methyl/N-ethyl adjacent to an activating group) is 1. The maximum Gasteiger partial charge on any atom is 0.140 e. The van der Waals surface area contributed by atoms with Crippen LogP contribution in [0.4, 0.5) is 0 Å². The van der Waals surface area contributed by atoms with Crippen molar-refractivity contribution in [1.82, 2.24) is 4.90 Å². The molecular weight excluding hydrogens is 205 g/mol. The Balaban J connectivity index is 0. The summed E-state index contributed by atoms with van der Waals surface area (Å²) in [5, 5.41) is 8.45. The Labute approximate surface area is 73.9 Å². The molecule has 0 aliphatic carbocycles. The van der Waals surface area contributed by atoms with Gasteiger partial charge in [0.2, 0.25) is 0 Å². The Bertz CT molecular complexity index is 45.3. The average Bonchev–Trinajstić information content (AvgIpc) is 1.27. The Hall–Kier alpha value is 1.09. The summed E-state index contributed by atoms with van der Waals surface area (Å²) in [4.78, 5) is 1.82. The van der Waals surface area contributed by atoms with Crippen LogP contribution in [0.1, 0.15) is 0 Å². The molecular formula is C4H10ClNOZr. The average molecular weight is 215 g/mol. The molecule has 4 heteroatoms. The summed E-state index contributed by atoms with van der Waals surface area (Å²) >= 11 is 5.19. The van der Waals surface area contributed by atoms with Gasteiger partial charge in [0.15, 0.2) is 0 Å². The summed E-state index contributed by atoms with van der Waals surface area (Å²) in [5.41, 5.74) is -0.727. The Morgan fingerprint density at radius 1 is 1.62 bits per heavy atom. The molecule has 0 spiro atoms. The molecule has 0 aromatic heterocycles. The number of alkyl halides is 1. The van der Waals surface area contributed by atoms with E-state index in [1.807, 2.05) is 19.0 Å². The molecule has 2 nitrogen and oxygen atoms in total. The molecule has 1 unspecified atom stereocenters. The molecule has 0 aromatic rings. The zero-order chi connectivity index (χ0) is 5.86. The van der Waals surface area contributed by atoms with Crippen LogP contribution in [0, 0.1) is 0 Å². The Morgan fingerprint density at radius 2 is 2.00 bits per heavy atom. The second-order valence-electron chi connectivity index (χ2n) is 1.70. The van der Waals surface area contributed by atoms with E-state index >= 15 is 0 Å². The third-order valence-electron chi connectivity index (χ3n) is 0.516. The van der Waals surface area contributed by atoms with Crippen molar-refractivity contribution in [3.63, 3.8) is 0 Å². The largest absolute Gasteiger partial charge is 0.376 e. The van der Waals surface area contributed by atoms with Crippen molar-refractivity contribution in [2.24, 2.45) is 0 Å². The van der Waals surface area contributed by atoms with E-state index in [1.165, 1.54) is 0 Å². The van der Waals surface area contributed by atoms with Crippen LogP contribution in [-0.2, 0) is 26.2 Å². The third-order valence-corrected chi connectivity index (χ3v) is 0.654. The molecule has 0 bridgehead atoms. The molecule has 1 atom stereocenters. The van der Waals surface area contributed by atoms with Gasteiger partial charge in [-0.1, -0.05) is 11.6 Å². The molecule has 48 valence electrons. The van der Waals surface area contributed by atoms with Crippen molar-refractivity contribution in [3.05, 3.63) is 0 Å². The summed E-state index contributed by atoms with van der Waals surface area (Å²) in [7, 11) is 3.71. The summed E-state index contributed by atoms with van der Waals surface area (Å²) in [6, 6.07) is 0. The molecule has 0 aliphatic rings. The van der Waals surface area contributed by atoms with E-state index in [1.54, 1.807) is 0 Å². The van der Waals surface area contributed by atoms with Crippen molar-refractivity contribution in [1.29, 1.82) is 0 Å². The zero-order valence-electron chi connectivity index (χ0n) is 5.06. The fourth-order valence-corrected chi connectivity index (χ4v) is 0.577. The van der Waals surface area contributed by atoms with E-state index in [-0.39, 0.29) is 26.2 Å². The van der Waals surface area contributed by atoms with E-state index in [4.69, 9.17) is 16.7 Å². The number of halogens is 1. The van der Waals surface area contributed by atoms with Gasteiger partial charge in [-0.2, -0.15) is 0 Å². The normalized spacial score (nSPS) is 13.1. The number of hydrogen-bond acceptors (Lipinski definition) is 2. The van der Waals surface area contributed by atoms with Gasteiger partial charge in [-0.15, -0.1) is 0 Å². The van der Waals surface area contributed by atoms with Crippen molar-refractivity contribution in [2.45, 2.75) is 5.56 Å². The van der Waals surface area contributed by atoms with Crippen molar-refractivity contribution >= 4 is 11.6 Å². The van der Waals surface area contributed by atoms with Gasteiger partial charge in [0.25, 0.3) is 0 Å². The van der Waals surface area contributed by atoms with Crippen LogP contribution in [0.25, 0.3) is 0 Å². The van der Waals surface area contributed by atoms with E-state index in [9.17, 15) is 0 Å². The maximum absolute atomic E-state index is 8.45. The van der Waals surface area contributed by atoms with Gasteiger partial charge in [-0.05, 0) is 14.1 Å². The van der Waals surface area contributed by atoms with Crippen LogP contribution >= 0.6 is 11.6 Å². The molecule has 0 rings (SSSR count). The quantitative estimate of drug-likeness (QED) is 0.660. The van der Waals surface area contributed by atoms with E-state index in [0.717, 1.165) is 0 Å². The predicted molar refractivity (Wildman–Crippen MR) is 30.4 cm³/mol. The van der Waals surface area contributed by atoms with Gasteiger partial charge < -0.3 is 10.0 Å². The molecule has 0 saturated heterocycles. The number of nitrogens with zero attached hydrogens (tertiary/aromatic N) is 1. The van der Waals surface area contributed by atoms with E-state index < -0.39 is 5.56 Å². The van der Waals surface area contributed by atoms with Gasteiger partial charge in [0.05, 0.1) is 0 Å². The standard InChI is InChI=1S/C4H10ClNO.Zr/c1-6(2)3-4(5)7;/h4,7H,3H2,1-2H3;. The minimum absolute atomic E-state index is 0. The number of hydrogen-bond donors (Lipinski definition) is 1. The van der Waals surface area contributed by atoms with E-state index in [2.05, 4.69) is 0 Å². The maximum atomic E-state index is 8.45. The zero-order valence-corrected chi connectivity index (χ0v) is 8.27. The van der Waals surface area contributed by atoms with Crippen LogP contribution in [-0.4, -0.2) is 36.2 Å². The minimum atomic E-state index is -0.727. The first kappa shape index (κ1) is 11.8. The van der Waals surface area contributed by atoms with E-state index in [0.29, 0.717) is 6.54 Å². The molecule has 0 aromatic carbocycles. The van der Waals surface area contributed by atoms with Crippen LogP contribution in [0.2, 0.25) is 0 Å². The molecule has 0 saturated carbocycles. The van der Waals surface area contributed by atoms with Crippen LogP contribution < -0.4 is 0 Å². The summed E-state index contributed by atoms with van der Waals surface area (Å²) in [5.74, 6) is 0. The van der Waals surface area contributed by atoms with Crippen LogP contribution in [0.3, 0.4) is 0 Å². The first-order valence-corrected chi connectivity index (χ1v) is 2.53. The number of rotatable bonds is 2. The molecule has 0 amide bonds. The third kappa shape index (κ3) is 10.2. The minimum Gasteiger partial charge on any atom is -0.376 e. The Morgan fingerprint density at radius 3 is 2.00 bits per heavy atom. The van der Waals surface area contributed by atoms with Crippen molar-refractivity contribution in [3.8, 4) is 0 Å². The molecule has 8 heavy (non-hydrogen) atoms. The summed E-state index contributed by atoms with van der Waals surface area (Å²) in [6.07, 6.45) is 0.